The fraction of sp³-hybridized carbons (Fsp3) is 0.571. The fourth-order valence-electron chi connectivity index (χ4n) is 2.30. The molecule has 0 unspecified atom stereocenters. The van der Waals surface area contributed by atoms with Crippen LogP contribution in [0.3, 0.4) is 0 Å². The average Bonchev–Trinajstić information content (AvgIpc) is 2.36. The highest BCUT2D eigenvalue weighted by Gasteiger charge is 2.13. The molecular formula is C14H20ClFN2. The number of aryl methyl sites for hydroxylation is 1. The quantitative estimate of drug-likeness (QED) is 0.830. The molecule has 2 nitrogen and oxygen atoms in total. The smallest absolute Gasteiger partial charge is 0.126 e. The number of rotatable bonds is 4. The summed E-state index contributed by atoms with van der Waals surface area (Å²) >= 11 is 5.88. The molecule has 0 atom stereocenters. The van der Waals surface area contributed by atoms with Gasteiger partial charge in [-0.25, -0.2) is 4.39 Å². The lowest BCUT2D eigenvalue weighted by molar-refractivity contribution is 0.153. The van der Waals surface area contributed by atoms with Crippen molar-refractivity contribution < 1.29 is 4.39 Å². The van der Waals surface area contributed by atoms with Gasteiger partial charge in [-0.05, 0) is 50.2 Å². The van der Waals surface area contributed by atoms with Crippen LogP contribution in [0.15, 0.2) is 18.2 Å². The van der Waals surface area contributed by atoms with Gasteiger partial charge in [0.25, 0.3) is 0 Å². The molecule has 18 heavy (non-hydrogen) atoms. The Morgan fingerprint density at radius 3 is 2.67 bits per heavy atom. The van der Waals surface area contributed by atoms with Crippen molar-refractivity contribution in [1.29, 1.82) is 0 Å². The first-order valence-electron chi connectivity index (χ1n) is 6.50. The molecule has 1 fully saturated rings. The number of piperazine rings is 1. The van der Waals surface area contributed by atoms with Crippen LogP contribution < -0.4 is 0 Å². The molecule has 1 saturated heterocycles. The standard InChI is InChI=1S/C14H20ClFN2/c1-17-7-9-18(10-8-17)6-2-3-12-11-13(15)4-5-14(12)16/h4-5,11H,2-3,6-10H2,1H3. The Morgan fingerprint density at radius 2 is 1.94 bits per heavy atom. The van der Waals surface area contributed by atoms with E-state index in [1.165, 1.54) is 6.07 Å². The summed E-state index contributed by atoms with van der Waals surface area (Å²) in [7, 11) is 2.15. The first-order valence-corrected chi connectivity index (χ1v) is 6.88. The van der Waals surface area contributed by atoms with Crippen molar-refractivity contribution in [3.63, 3.8) is 0 Å². The summed E-state index contributed by atoms with van der Waals surface area (Å²) < 4.78 is 13.5. The summed E-state index contributed by atoms with van der Waals surface area (Å²) in [6, 6.07) is 4.79. The van der Waals surface area contributed by atoms with Crippen LogP contribution in [0, 0.1) is 5.82 Å². The topological polar surface area (TPSA) is 6.48 Å². The van der Waals surface area contributed by atoms with E-state index in [4.69, 9.17) is 11.6 Å². The van der Waals surface area contributed by atoms with Crippen LogP contribution in [0.1, 0.15) is 12.0 Å². The Balaban J connectivity index is 1.76. The van der Waals surface area contributed by atoms with Crippen LogP contribution in [0.2, 0.25) is 5.02 Å². The van der Waals surface area contributed by atoms with Crippen LogP contribution in [-0.2, 0) is 6.42 Å². The van der Waals surface area contributed by atoms with E-state index in [2.05, 4.69) is 16.8 Å². The third-order valence-corrected chi connectivity index (χ3v) is 3.76. The predicted octanol–water partition coefficient (Wildman–Crippen LogP) is 2.66. The zero-order valence-electron chi connectivity index (χ0n) is 10.8. The monoisotopic (exact) mass is 270 g/mol. The number of hydrogen-bond acceptors (Lipinski definition) is 2. The molecule has 1 aliphatic heterocycles. The largest absolute Gasteiger partial charge is 0.304 e. The minimum atomic E-state index is -0.141. The SMILES string of the molecule is CN1CCN(CCCc2cc(Cl)ccc2F)CC1. The van der Waals surface area contributed by atoms with Gasteiger partial charge in [0, 0.05) is 31.2 Å². The third kappa shape index (κ3) is 3.94. The second kappa shape index (κ2) is 6.50. The van der Waals surface area contributed by atoms with Crippen molar-refractivity contribution >= 4 is 11.6 Å². The first kappa shape index (κ1) is 13.8. The van der Waals surface area contributed by atoms with E-state index in [0.717, 1.165) is 51.1 Å². The van der Waals surface area contributed by atoms with Gasteiger partial charge in [-0.3, -0.25) is 0 Å². The summed E-state index contributed by atoms with van der Waals surface area (Å²) in [5, 5.41) is 0.617. The number of hydrogen-bond donors (Lipinski definition) is 0. The highest BCUT2D eigenvalue weighted by molar-refractivity contribution is 6.30. The van der Waals surface area contributed by atoms with Gasteiger partial charge in [0.05, 0.1) is 0 Å². The zero-order valence-corrected chi connectivity index (χ0v) is 11.6. The maximum Gasteiger partial charge on any atom is 0.126 e. The van der Waals surface area contributed by atoms with E-state index >= 15 is 0 Å². The molecule has 1 aromatic rings. The molecule has 0 radical (unpaired) electrons. The Hall–Kier alpha value is -0.640. The Morgan fingerprint density at radius 1 is 1.22 bits per heavy atom. The highest BCUT2D eigenvalue weighted by Crippen LogP contribution is 2.16. The molecule has 1 heterocycles. The van der Waals surface area contributed by atoms with E-state index in [0.29, 0.717) is 5.02 Å². The molecule has 0 aromatic heterocycles. The van der Waals surface area contributed by atoms with E-state index in [1.54, 1.807) is 12.1 Å². The molecule has 0 saturated carbocycles. The third-order valence-electron chi connectivity index (χ3n) is 3.52. The average molecular weight is 271 g/mol. The van der Waals surface area contributed by atoms with Gasteiger partial charge in [-0.15, -0.1) is 0 Å². The maximum atomic E-state index is 13.5. The Bertz CT molecular complexity index is 389. The lowest BCUT2D eigenvalue weighted by Gasteiger charge is -2.32. The lowest BCUT2D eigenvalue weighted by atomic mass is 10.1. The van der Waals surface area contributed by atoms with Gasteiger partial charge in [0.1, 0.15) is 5.82 Å². The summed E-state index contributed by atoms with van der Waals surface area (Å²) in [5.74, 6) is -0.141. The van der Waals surface area contributed by atoms with Gasteiger partial charge in [-0.2, -0.15) is 0 Å². The summed E-state index contributed by atoms with van der Waals surface area (Å²) in [4.78, 5) is 4.79. The maximum absolute atomic E-state index is 13.5. The van der Waals surface area contributed by atoms with Crippen molar-refractivity contribution in [3.8, 4) is 0 Å². The van der Waals surface area contributed by atoms with Gasteiger partial charge < -0.3 is 9.80 Å². The molecule has 2 rings (SSSR count). The van der Waals surface area contributed by atoms with Gasteiger partial charge in [0.15, 0.2) is 0 Å². The Kier molecular flexibility index (Phi) is 4.98. The first-order chi connectivity index (χ1) is 8.65. The van der Waals surface area contributed by atoms with E-state index in [-0.39, 0.29) is 5.82 Å². The number of likely N-dealkylation sites (N-methyl/N-ethyl adjacent to an activating group) is 1. The fourth-order valence-corrected chi connectivity index (χ4v) is 2.49. The molecule has 100 valence electrons. The van der Waals surface area contributed by atoms with Crippen LogP contribution >= 0.6 is 11.6 Å². The van der Waals surface area contributed by atoms with Crippen LogP contribution in [0.25, 0.3) is 0 Å². The number of halogens is 2. The number of benzene rings is 1. The highest BCUT2D eigenvalue weighted by atomic mass is 35.5. The molecule has 0 spiro atoms. The van der Waals surface area contributed by atoms with E-state index < -0.39 is 0 Å². The molecule has 0 amide bonds. The van der Waals surface area contributed by atoms with E-state index in [9.17, 15) is 4.39 Å². The van der Waals surface area contributed by atoms with Crippen molar-refractivity contribution in [2.24, 2.45) is 0 Å². The van der Waals surface area contributed by atoms with Crippen LogP contribution in [-0.4, -0.2) is 49.6 Å². The molecular weight excluding hydrogens is 251 g/mol. The van der Waals surface area contributed by atoms with Crippen LogP contribution in [0.4, 0.5) is 4.39 Å². The molecule has 0 bridgehead atoms. The molecule has 1 aliphatic rings. The lowest BCUT2D eigenvalue weighted by Crippen LogP contribution is -2.44. The summed E-state index contributed by atoms with van der Waals surface area (Å²) in [6.45, 7) is 5.54. The summed E-state index contributed by atoms with van der Waals surface area (Å²) in [5.41, 5.74) is 0.733. The number of nitrogens with zero attached hydrogens (tertiary/aromatic N) is 2. The second-order valence-corrected chi connectivity index (χ2v) is 5.42. The van der Waals surface area contributed by atoms with Gasteiger partial charge in [-0.1, -0.05) is 11.6 Å². The minimum Gasteiger partial charge on any atom is -0.304 e. The van der Waals surface area contributed by atoms with Crippen molar-refractivity contribution in [1.82, 2.24) is 9.80 Å². The molecule has 1 aromatic carbocycles. The zero-order chi connectivity index (χ0) is 13.0. The Labute approximate surface area is 113 Å². The normalized spacial score (nSPS) is 18.2. The van der Waals surface area contributed by atoms with E-state index in [1.807, 2.05) is 0 Å². The molecule has 0 aliphatic carbocycles. The molecule has 0 N–H and O–H groups in total. The second-order valence-electron chi connectivity index (χ2n) is 4.98. The predicted molar refractivity (Wildman–Crippen MR) is 73.7 cm³/mol. The van der Waals surface area contributed by atoms with Crippen LogP contribution in [0.5, 0.6) is 0 Å². The van der Waals surface area contributed by atoms with Gasteiger partial charge in [0.2, 0.25) is 0 Å². The molecule has 4 heteroatoms. The van der Waals surface area contributed by atoms with Gasteiger partial charge >= 0.3 is 0 Å². The van der Waals surface area contributed by atoms with Crippen molar-refractivity contribution in [2.75, 3.05) is 39.8 Å². The van der Waals surface area contributed by atoms with Crippen molar-refractivity contribution in [2.45, 2.75) is 12.8 Å². The van der Waals surface area contributed by atoms with Crippen molar-refractivity contribution in [3.05, 3.63) is 34.6 Å². The minimum absolute atomic E-state index is 0.141. The summed E-state index contributed by atoms with van der Waals surface area (Å²) in [6.07, 6.45) is 1.75.